The van der Waals surface area contributed by atoms with Gasteiger partial charge in [-0.1, -0.05) is 18.2 Å². The molecule has 0 N–H and O–H groups in total. The molecule has 0 saturated heterocycles. The lowest BCUT2D eigenvalue weighted by Crippen LogP contribution is -2.24. The minimum Gasteiger partial charge on any atom is -0.497 e. The molecule has 0 unspecified atom stereocenters. The van der Waals surface area contributed by atoms with Crippen LogP contribution in [0.15, 0.2) is 79.1 Å². The van der Waals surface area contributed by atoms with Crippen molar-refractivity contribution in [3.05, 3.63) is 96.2 Å². The highest BCUT2D eigenvalue weighted by molar-refractivity contribution is 5.80. The molecule has 4 aromatic rings. The summed E-state index contributed by atoms with van der Waals surface area (Å²) in [7, 11) is 1.67. The molecule has 3 aromatic heterocycles. The fourth-order valence-electron chi connectivity index (χ4n) is 3.19. The van der Waals surface area contributed by atoms with E-state index in [1.54, 1.807) is 7.11 Å². The molecule has 0 amide bonds. The Balaban J connectivity index is 1.59. The molecule has 0 aliphatic heterocycles. The van der Waals surface area contributed by atoms with Crippen LogP contribution in [0.3, 0.4) is 0 Å². The Labute approximate surface area is 164 Å². The van der Waals surface area contributed by atoms with Crippen molar-refractivity contribution in [3.8, 4) is 5.75 Å². The van der Waals surface area contributed by atoms with Crippen molar-refractivity contribution in [2.45, 2.75) is 19.6 Å². The molecule has 0 bridgehead atoms. The van der Waals surface area contributed by atoms with Crippen LogP contribution in [-0.2, 0) is 19.6 Å². The van der Waals surface area contributed by atoms with E-state index in [0.717, 1.165) is 46.8 Å². The van der Waals surface area contributed by atoms with Gasteiger partial charge in [0.2, 0.25) is 0 Å². The van der Waals surface area contributed by atoms with Crippen LogP contribution in [0.25, 0.3) is 10.9 Å². The van der Waals surface area contributed by atoms with Crippen LogP contribution in [0.4, 0.5) is 0 Å². The number of benzene rings is 1. The first-order valence-electron chi connectivity index (χ1n) is 9.26. The van der Waals surface area contributed by atoms with E-state index in [2.05, 4.69) is 27.0 Å². The second-order valence-electron chi connectivity index (χ2n) is 6.65. The van der Waals surface area contributed by atoms with Gasteiger partial charge in [0.1, 0.15) is 5.75 Å². The number of hydrogen-bond donors (Lipinski definition) is 0. The van der Waals surface area contributed by atoms with Gasteiger partial charge in [-0.25, -0.2) is 0 Å². The number of fused-ring (bicyclic) bond motifs is 1. The lowest BCUT2D eigenvalue weighted by atomic mass is 10.2. The highest BCUT2D eigenvalue weighted by Gasteiger charge is 2.11. The third-order valence-electron chi connectivity index (χ3n) is 4.57. The fourth-order valence-corrected chi connectivity index (χ4v) is 3.19. The summed E-state index contributed by atoms with van der Waals surface area (Å²) in [4.78, 5) is 16.1. The minimum atomic E-state index is 0.709. The van der Waals surface area contributed by atoms with Gasteiger partial charge >= 0.3 is 0 Å². The van der Waals surface area contributed by atoms with E-state index in [9.17, 15) is 0 Å². The van der Waals surface area contributed by atoms with E-state index in [-0.39, 0.29) is 0 Å². The molecule has 28 heavy (non-hydrogen) atoms. The molecule has 4 rings (SSSR count). The van der Waals surface area contributed by atoms with Crippen LogP contribution in [-0.4, -0.2) is 27.0 Å². The molecular formula is C23H22N4O. The van der Waals surface area contributed by atoms with Gasteiger partial charge in [-0.3, -0.25) is 19.9 Å². The Morgan fingerprint density at radius 2 is 1.39 bits per heavy atom. The summed E-state index contributed by atoms with van der Waals surface area (Å²) in [6.07, 6.45) is 3.66. The second kappa shape index (κ2) is 8.59. The predicted molar refractivity (Wildman–Crippen MR) is 110 cm³/mol. The molecule has 0 saturated carbocycles. The summed E-state index contributed by atoms with van der Waals surface area (Å²) in [5.41, 5.74) is 4.00. The first kappa shape index (κ1) is 18.1. The predicted octanol–water partition coefficient (Wildman–Crippen LogP) is 4.24. The molecule has 5 nitrogen and oxygen atoms in total. The zero-order chi connectivity index (χ0) is 19.2. The molecule has 1 aromatic carbocycles. The number of rotatable bonds is 7. The van der Waals surface area contributed by atoms with Gasteiger partial charge in [0, 0.05) is 43.5 Å². The van der Waals surface area contributed by atoms with Gasteiger partial charge < -0.3 is 4.74 Å². The van der Waals surface area contributed by atoms with E-state index < -0.39 is 0 Å². The van der Waals surface area contributed by atoms with Gasteiger partial charge in [0.25, 0.3) is 0 Å². The zero-order valence-electron chi connectivity index (χ0n) is 15.8. The minimum absolute atomic E-state index is 0.709. The topological polar surface area (TPSA) is 51.1 Å². The van der Waals surface area contributed by atoms with Gasteiger partial charge in [0.05, 0.1) is 29.7 Å². The Morgan fingerprint density at radius 3 is 2.00 bits per heavy atom. The quantitative estimate of drug-likeness (QED) is 0.487. The van der Waals surface area contributed by atoms with Crippen LogP contribution < -0.4 is 4.74 Å². The average Bonchev–Trinajstić information content (AvgIpc) is 2.74. The van der Waals surface area contributed by atoms with E-state index in [0.29, 0.717) is 6.54 Å². The highest BCUT2D eigenvalue weighted by Crippen LogP contribution is 2.20. The lowest BCUT2D eigenvalue weighted by Gasteiger charge is -2.21. The molecule has 140 valence electrons. The van der Waals surface area contributed by atoms with Crippen LogP contribution in [0.2, 0.25) is 0 Å². The van der Waals surface area contributed by atoms with Gasteiger partial charge in [-0.15, -0.1) is 0 Å². The van der Waals surface area contributed by atoms with E-state index in [1.165, 1.54) is 0 Å². The molecule has 0 atom stereocenters. The average molecular weight is 370 g/mol. The molecule has 0 aliphatic rings. The number of methoxy groups -OCH3 is 1. The smallest absolute Gasteiger partial charge is 0.121 e. The monoisotopic (exact) mass is 370 g/mol. The normalized spacial score (nSPS) is 11.1. The number of ether oxygens (including phenoxy) is 1. The standard InChI is InChI=1S/C23H22N4O/c1-28-22-11-9-18-8-10-21(26-23(18)14-22)17-27(15-19-6-2-4-12-24-19)16-20-7-3-5-13-25-20/h2-14H,15-17H2,1H3. The lowest BCUT2D eigenvalue weighted by molar-refractivity contribution is 0.239. The molecular weight excluding hydrogens is 348 g/mol. The number of nitrogens with zero attached hydrogens (tertiary/aromatic N) is 4. The number of pyridine rings is 3. The number of aromatic nitrogens is 3. The summed E-state index contributed by atoms with van der Waals surface area (Å²) < 4.78 is 5.33. The maximum atomic E-state index is 5.33. The SMILES string of the molecule is COc1ccc2ccc(CN(Cc3ccccn3)Cc3ccccn3)nc2c1. The Kier molecular flexibility index (Phi) is 5.54. The van der Waals surface area contributed by atoms with E-state index in [1.807, 2.05) is 67.0 Å². The van der Waals surface area contributed by atoms with Crippen molar-refractivity contribution in [3.63, 3.8) is 0 Å². The van der Waals surface area contributed by atoms with E-state index in [4.69, 9.17) is 9.72 Å². The summed E-state index contributed by atoms with van der Waals surface area (Å²) in [5.74, 6) is 0.816. The molecule has 3 heterocycles. The van der Waals surface area contributed by atoms with Crippen molar-refractivity contribution in [2.75, 3.05) is 7.11 Å². The van der Waals surface area contributed by atoms with Crippen molar-refractivity contribution in [1.82, 2.24) is 19.9 Å². The highest BCUT2D eigenvalue weighted by atomic mass is 16.5. The molecule has 5 heteroatoms. The first-order chi connectivity index (χ1) is 13.8. The van der Waals surface area contributed by atoms with Crippen LogP contribution in [0.5, 0.6) is 5.75 Å². The van der Waals surface area contributed by atoms with Crippen molar-refractivity contribution < 1.29 is 4.74 Å². The first-order valence-corrected chi connectivity index (χ1v) is 9.26. The molecule has 0 aliphatic carbocycles. The summed E-state index contributed by atoms with van der Waals surface area (Å²) in [5, 5.41) is 1.10. The number of hydrogen-bond acceptors (Lipinski definition) is 5. The summed E-state index contributed by atoms with van der Waals surface area (Å²) >= 11 is 0. The molecule has 0 spiro atoms. The van der Waals surface area contributed by atoms with Crippen molar-refractivity contribution >= 4 is 10.9 Å². The second-order valence-corrected chi connectivity index (χ2v) is 6.65. The van der Waals surface area contributed by atoms with Crippen LogP contribution >= 0.6 is 0 Å². The maximum Gasteiger partial charge on any atom is 0.121 e. The Morgan fingerprint density at radius 1 is 0.750 bits per heavy atom. The van der Waals surface area contributed by atoms with E-state index >= 15 is 0 Å². The third-order valence-corrected chi connectivity index (χ3v) is 4.57. The molecule has 0 fully saturated rings. The Hall–Kier alpha value is -3.31. The van der Waals surface area contributed by atoms with Crippen LogP contribution in [0.1, 0.15) is 17.1 Å². The van der Waals surface area contributed by atoms with Crippen molar-refractivity contribution in [1.29, 1.82) is 0 Å². The summed E-state index contributed by atoms with van der Waals surface area (Å²) in [6.45, 7) is 2.17. The Bertz CT molecular complexity index is 997. The third kappa shape index (κ3) is 4.50. The van der Waals surface area contributed by atoms with Gasteiger partial charge in [-0.05, 0) is 42.5 Å². The van der Waals surface area contributed by atoms with Gasteiger partial charge in [-0.2, -0.15) is 0 Å². The van der Waals surface area contributed by atoms with Crippen LogP contribution in [0, 0.1) is 0 Å². The zero-order valence-corrected chi connectivity index (χ0v) is 15.8. The van der Waals surface area contributed by atoms with Crippen molar-refractivity contribution in [2.24, 2.45) is 0 Å². The fraction of sp³-hybridized carbons (Fsp3) is 0.174. The van der Waals surface area contributed by atoms with Gasteiger partial charge in [0.15, 0.2) is 0 Å². The summed E-state index contributed by atoms with van der Waals surface area (Å²) in [6, 6.07) is 22.1. The maximum absolute atomic E-state index is 5.33. The molecule has 0 radical (unpaired) electrons. The largest absolute Gasteiger partial charge is 0.497 e.